The van der Waals surface area contributed by atoms with Crippen LogP contribution in [0.3, 0.4) is 0 Å². The minimum absolute atomic E-state index is 0.0574. The third kappa shape index (κ3) is 3.44. The fourth-order valence-electron chi connectivity index (χ4n) is 2.45. The van der Waals surface area contributed by atoms with Crippen molar-refractivity contribution in [3.8, 4) is 0 Å². The first-order valence-corrected chi connectivity index (χ1v) is 9.53. The molecule has 1 aliphatic heterocycles. The summed E-state index contributed by atoms with van der Waals surface area (Å²) in [6, 6.07) is 0. The fraction of sp³-hybridized carbons (Fsp3) is 0.583. The van der Waals surface area contributed by atoms with Crippen molar-refractivity contribution in [2.75, 3.05) is 18.4 Å². The molecule has 24 heavy (non-hydrogen) atoms. The van der Waals surface area contributed by atoms with E-state index < -0.39 is 10.0 Å². The van der Waals surface area contributed by atoms with Crippen LogP contribution in [0, 0.1) is 6.92 Å². The normalized spacial score (nSPS) is 17.1. The van der Waals surface area contributed by atoms with Crippen molar-refractivity contribution in [3.05, 3.63) is 11.8 Å². The molecule has 130 valence electrons. The molecule has 0 aliphatic carbocycles. The molecule has 1 saturated heterocycles. The van der Waals surface area contributed by atoms with Crippen molar-refractivity contribution < 1.29 is 17.6 Å². The van der Waals surface area contributed by atoms with Gasteiger partial charge in [-0.15, -0.1) is 20.4 Å². The zero-order valence-electron chi connectivity index (χ0n) is 13.1. The molecule has 12 heteroatoms. The predicted molar refractivity (Wildman–Crippen MR) is 84.0 cm³/mol. The Bertz CT molecular complexity index is 837. The Balaban J connectivity index is 1.68. The maximum atomic E-state index is 12.6. The Hall–Kier alpha value is -1.92. The van der Waals surface area contributed by atoms with Crippen LogP contribution >= 0.6 is 11.3 Å². The largest absolute Gasteiger partial charge is 0.425 e. The smallest absolute Gasteiger partial charge is 0.272 e. The molecule has 10 nitrogen and oxygen atoms in total. The Kier molecular flexibility index (Phi) is 4.60. The number of nitrogens with zero attached hydrogens (tertiary/aromatic N) is 5. The molecule has 1 aliphatic rings. The van der Waals surface area contributed by atoms with E-state index in [4.69, 9.17) is 4.42 Å². The van der Waals surface area contributed by atoms with Crippen LogP contribution in [0.5, 0.6) is 0 Å². The first-order chi connectivity index (χ1) is 11.4. The topological polar surface area (TPSA) is 131 Å². The van der Waals surface area contributed by atoms with Gasteiger partial charge in [-0.3, -0.25) is 4.79 Å². The van der Waals surface area contributed by atoms with E-state index in [1.807, 2.05) is 0 Å². The summed E-state index contributed by atoms with van der Waals surface area (Å²) in [5, 5.41) is 17.8. The van der Waals surface area contributed by atoms with Crippen LogP contribution in [-0.4, -0.2) is 52.1 Å². The third-order valence-electron chi connectivity index (χ3n) is 3.59. The van der Waals surface area contributed by atoms with Gasteiger partial charge in [0.15, 0.2) is 0 Å². The van der Waals surface area contributed by atoms with Gasteiger partial charge in [0.25, 0.3) is 10.0 Å². The SMILES string of the molecule is CC(=O)Nc1nnc(S(=O)(=O)N2CCC(c3nnc(C)o3)CC2)s1. The Labute approximate surface area is 142 Å². The van der Waals surface area contributed by atoms with Gasteiger partial charge in [-0.1, -0.05) is 11.3 Å². The number of piperidine rings is 1. The Morgan fingerprint density at radius 3 is 2.54 bits per heavy atom. The summed E-state index contributed by atoms with van der Waals surface area (Å²) in [6.07, 6.45) is 1.19. The van der Waals surface area contributed by atoms with Gasteiger partial charge >= 0.3 is 0 Å². The summed E-state index contributed by atoms with van der Waals surface area (Å²) in [5.74, 6) is 0.778. The van der Waals surface area contributed by atoms with Crippen LogP contribution in [-0.2, 0) is 14.8 Å². The molecule has 3 heterocycles. The number of rotatable bonds is 4. The summed E-state index contributed by atoms with van der Waals surface area (Å²) >= 11 is 0.838. The van der Waals surface area contributed by atoms with E-state index in [2.05, 4.69) is 25.7 Å². The maximum Gasteiger partial charge on any atom is 0.272 e. The average molecular weight is 372 g/mol. The lowest BCUT2D eigenvalue weighted by Crippen LogP contribution is -2.37. The number of aryl methyl sites for hydroxylation is 1. The number of carbonyl (C=O) groups excluding carboxylic acids is 1. The lowest BCUT2D eigenvalue weighted by molar-refractivity contribution is -0.114. The van der Waals surface area contributed by atoms with Gasteiger partial charge in [-0.2, -0.15) is 4.31 Å². The molecule has 1 fully saturated rings. The number of carbonyl (C=O) groups is 1. The van der Waals surface area contributed by atoms with Gasteiger partial charge in [0.1, 0.15) is 0 Å². The van der Waals surface area contributed by atoms with E-state index in [1.54, 1.807) is 6.92 Å². The molecule has 1 N–H and O–H groups in total. The first kappa shape index (κ1) is 16.9. The second-order valence-corrected chi connectivity index (χ2v) is 8.48. The third-order valence-corrected chi connectivity index (χ3v) is 6.68. The highest BCUT2D eigenvalue weighted by Crippen LogP contribution is 2.31. The number of anilines is 1. The molecule has 0 aromatic carbocycles. The minimum atomic E-state index is -3.72. The first-order valence-electron chi connectivity index (χ1n) is 7.27. The molecule has 1 amide bonds. The highest BCUT2D eigenvalue weighted by molar-refractivity contribution is 7.91. The van der Waals surface area contributed by atoms with Crippen molar-refractivity contribution in [3.63, 3.8) is 0 Å². The van der Waals surface area contributed by atoms with Gasteiger partial charge in [0, 0.05) is 32.9 Å². The molecule has 0 saturated carbocycles. The second kappa shape index (κ2) is 6.53. The molecular weight excluding hydrogens is 356 g/mol. The summed E-state index contributed by atoms with van der Waals surface area (Å²) in [6.45, 7) is 3.71. The lowest BCUT2D eigenvalue weighted by atomic mass is 9.98. The zero-order valence-corrected chi connectivity index (χ0v) is 14.7. The maximum absolute atomic E-state index is 12.6. The number of amides is 1. The molecule has 3 rings (SSSR count). The number of aromatic nitrogens is 4. The van der Waals surface area contributed by atoms with Gasteiger partial charge in [0.2, 0.25) is 27.2 Å². The quantitative estimate of drug-likeness (QED) is 0.778. The van der Waals surface area contributed by atoms with E-state index in [0.717, 1.165) is 11.3 Å². The van der Waals surface area contributed by atoms with E-state index in [0.29, 0.717) is 37.7 Å². The van der Waals surface area contributed by atoms with Crippen LogP contribution in [0.25, 0.3) is 0 Å². The van der Waals surface area contributed by atoms with Gasteiger partial charge in [-0.25, -0.2) is 8.42 Å². The summed E-state index contributed by atoms with van der Waals surface area (Å²) in [7, 11) is -3.72. The van der Waals surface area contributed by atoms with Crippen molar-refractivity contribution in [1.82, 2.24) is 24.7 Å². The van der Waals surface area contributed by atoms with Gasteiger partial charge < -0.3 is 9.73 Å². The van der Waals surface area contributed by atoms with Crippen molar-refractivity contribution >= 4 is 32.4 Å². The number of nitrogens with one attached hydrogen (secondary N) is 1. The van der Waals surface area contributed by atoms with Crippen molar-refractivity contribution in [2.24, 2.45) is 0 Å². The van der Waals surface area contributed by atoms with Crippen LogP contribution in [0.2, 0.25) is 0 Å². The summed E-state index contributed by atoms with van der Waals surface area (Å²) in [4.78, 5) is 11.0. The molecule has 0 unspecified atom stereocenters. The predicted octanol–water partition coefficient (Wildman–Crippen LogP) is 0.756. The zero-order chi connectivity index (χ0) is 17.3. The van der Waals surface area contributed by atoms with E-state index in [-0.39, 0.29) is 21.3 Å². The second-order valence-electron chi connectivity index (χ2n) is 5.39. The van der Waals surface area contributed by atoms with Crippen LogP contribution < -0.4 is 5.32 Å². The van der Waals surface area contributed by atoms with E-state index in [9.17, 15) is 13.2 Å². The van der Waals surface area contributed by atoms with Crippen LogP contribution in [0.15, 0.2) is 8.76 Å². The average Bonchev–Trinajstić information content (AvgIpc) is 3.16. The van der Waals surface area contributed by atoms with Gasteiger partial charge in [0.05, 0.1) is 0 Å². The number of sulfonamides is 1. The highest BCUT2D eigenvalue weighted by Gasteiger charge is 2.34. The summed E-state index contributed by atoms with van der Waals surface area (Å²) in [5.41, 5.74) is 0. The van der Waals surface area contributed by atoms with E-state index >= 15 is 0 Å². The van der Waals surface area contributed by atoms with Crippen molar-refractivity contribution in [2.45, 2.75) is 36.9 Å². The lowest BCUT2D eigenvalue weighted by Gasteiger charge is -2.28. The molecule has 2 aromatic heterocycles. The molecule has 0 bridgehead atoms. The molecule has 2 aromatic rings. The standard InChI is InChI=1S/C12H16N6O4S2/c1-7(19)13-11-16-17-12(23-11)24(20,21)18-5-3-9(4-6-18)10-15-14-8(2)22-10/h9H,3-6H2,1-2H3,(H,13,16,19). The molecular formula is C12H16N6O4S2. The molecule has 0 atom stereocenters. The van der Waals surface area contributed by atoms with Crippen LogP contribution in [0.4, 0.5) is 5.13 Å². The van der Waals surface area contributed by atoms with E-state index in [1.165, 1.54) is 11.2 Å². The fourth-order valence-corrected chi connectivity index (χ4v) is 5.00. The highest BCUT2D eigenvalue weighted by atomic mass is 32.2. The van der Waals surface area contributed by atoms with Crippen molar-refractivity contribution in [1.29, 1.82) is 0 Å². The molecule has 0 radical (unpaired) electrons. The molecule has 0 spiro atoms. The Morgan fingerprint density at radius 1 is 1.25 bits per heavy atom. The van der Waals surface area contributed by atoms with Crippen LogP contribution in [0.1, 0.15) is 37.5 Å². The number of hydrogen-bond donors (Lipinski definition) is 1. The Morgan fingerprint density at radius 2 is 1.96 bits per heavy atom. The van der Waals surface area contributed by atoms with Gasteiger partial charge in [-0.05, 0) is 12.8 Å². The monoisotopic (exact) mass is 372 g/mol. The minimum Gasteiger partial charge on any atom is -0.425 e. The summed E-state index contributed by atoms with van der Waals surface area (Å²) < 4.78 is 31.9. The number of hydrogen-bond acceptors (Lipinski definition) is 9.